The van der Waals surface area contributed by atoms with Crippen LogP contribution in [0.15, 0.2) is 145 Å². The van der Waals surface area contributed by atoms with Gasteiger partial charge in [0.2, 0.25) is 0 Å². The molecule has 3 atom stereocenters. The van der Waals surface area contributed by atoms with Crippen molar-refractivity contribution in [3.63, 3.8) is 0 Å². The minimum atomic E-state index is -0.253. The van der Waals surface area contributed by atoms with Gasteiger partial charge in [-0.05, 0) is 64.1 Å². The topological polar surface area (TPSA) is 54.2 Å². The van der Waals surface area contributed by atoms with Crippen LogP contribution >= 0.6 is 0 Å². The van der Waals surface area contributed by atoms with Crippen molar-refractivity contribution >= 4 is 33.7 Å². The Hall–Kier alpha value is -5.78. The summed E-state index contributed by atoms with van der Waals surface area (Å²) in [7, 11) is 0. The van der Waals surface area contributed by atoms with Gasteiger partial charge in [0, 0.05) is 39.4 Å². The molecule has 3 aliphatic rings. The summed E-state index contributed by atoms with van der Waals surface area (Å²) >= 11 is 0. The monoisotopic (exact) mass is 647 g/mol. The number of aromatic nitrogens is 2. The van der Waals surface area contributed by atoms with Crippen molar-refractivity contribution in [2.24, 2.45) is 4.99 Å². The van der Waals surface area contributed by atoms with Crippen LogP contribution in [0.5, 0.6) is 0 Å². The van der Waals surface area contributed by atoms with Gasteiger partial charge in [-0.25, -0.2) is 9.98 Å². The van der Waals surface area contributed by atoms with Gasteiger partial charge in [-0.1, -0.05) is 129 Å². The van der Waals surface area contributed by atoms with E-state index in [2.05, 4.69) is 163 Å². The number of para-hydroxylation sites is 1. The largest absolute Gasteiger partial charge is 0.354 e. The zero-order valence-electron chi connectivity index (χ0n) is 28.1. The fourth-order valence-electron chi connectivity index (χ4n) is 8.59. The highest BCUT2D eigenvalue weighted by atomic mass is 15.3. The molecule has 2 aromatic heterocycles. The second kappa shape index (κ2) is 11.1. The summed E-state index contributed by atoms with van der Waals surface area (Å²) in [6.45, 7) is 4.69. The molecule has 2 N–H and O–H groups in total. The second-order valence-electron chi connectivity index (χ2n) is 14.3. The molecule has 5 nitrogen and oxygen atoms in total. The average Bonchev–Trinajstić information content (AvgIpc) is 3.62. The molecule has 3 heterocycles. The van der Waals surface area contributed by atoms with Crippen molar-refractivity contribution in [3.8, 4) is 16.9 Å². The summed E-state index contributed by atoms with van der Waals surface area (Å²) in [6, 6.07) is 45.9. The highest BCUT2D eigenvalue weighted by Crippen LogP contribution is 2.51. The lowest BCUT2D eigenvalue weighted by Crippen LogP contribution is -2.54. The Morgan fingerprint density at radius 2 is 1.52 bits per heavy atom. The summed E-state index contributed by atoms with van der Waals surface area (Å²) < 4.78 is 2.33. The first-order chi connectivity index (χ1) is 24.5. The zero-order valence-corrected chi connectivity index (χ0v) is 28.1. The van der Waals surface area contributed by atoms with Gasteiger partial charge in [-0.2, -0.15) is 0 Å². The summed E-state index contributed by atoms with van der Waals surface area (Å²) in [5.74, 6) is 2.06. The predicted molar refractivity (Wildman–Crippen MR) is 205 cm³/mol. The Balaban J connectivity index is 1.07. The molecule has 0 fully saturated rings. The number of hydrogen-bond donors (Lipinski definition) is 2. The molecule has 1 aliphatic heterocycles. The molecule has 0 radical (unpaired) electrons. The van der Waals surface area contributed by atoms with E-state index in [4.69, 9.17) is 9.98 Å². The molecule has 10 rings (SSSR count). The normalized spacial score (nSPS) is 20.2. The molecule has 242 valence electrons. The van der Waals surface area contributed by atoms with Gasteiger partial charge >= 0.3 is 0 Å². The van der Waals surface area contributed by atoms with E-state index in [1.54, 1.807) is 0 Å². The minimum Gasteiger partial charge on any atom is -0.354 e. The number of rotatable bonds is 4. The third kappa shape index (κ3) is 4.43. The molecule has 0 amide bonds. The molecule has 5 heteroatoms. The number of pyridine rings is 1. The summed E-state index contributed by atoms with van der Waals surface area (Å²) in [6.07, 6.45) is 7.22. The molecule has 0 spiro atoms. The second-order valence-corrected chi connectivity index (χ2v) is 14.3. The van der Waals surface area contributed by atoms with E-state index in [-0.39, 0.29) is 23.7 Å². The average molecular weight is 648 g/mol. The molecule has 7 aromatic rings. The maximum absolute atomic E-state index is 5.22. The number of nitrogens with one attached hydrogen (secondary N) is 2. The van der Waals surface area contributed by atoms with Crippen LogP contribution in [-0.2, 0) is 5.41 Å². The first-order valence-corrected chi connectivity index (χ1v) is 17.6. The summed E-state index contributed by atoms with van der Waals surface area (Å²) in [5, 5.41) is 10.1. The number of benzene rings is 5. The van der Waals surface area contributed by atoms with Crippen molar-refractivity contribution in [2.45, 2.75) is 43.9 Å². The third-order valence-corrected chi connectivity index (χ3v) is 11.1. The lowest BCUT2D eigenvalue weighted by Gasteiger charge is -2.38. The lowest BCUT2D eigenvalue weighted by molar-refractivity contribution is 0.344. The minimum absolute atomic E-state index is 0.00890. The van der Waals surface area contributed by atoms with Gasteiger partial charge < -0.3 is 5.32 Å². The van der Waals surface area contributed by atoms with Crippen LogP contribution in [0.3, 0.4) is 0 Å². The van der Waals surface area contributed by atoms with Crippen molar-refractivity contribution in [2.75, 3.05) is 0 Å². The highest BCUT2D eigenvalue weighted by Gasteiger charge is 2.36. The molecule has 50 heavy (non-hydrogen) atoms. The Morgan fingerprint density at radius 1 is 0.720 bits per heavy atom. The number of amidine groups is 1. The molecule has 3 unspecified atom stereocenters. The quantitative estimate of drug-likeness (QED) is 0.200. The van der Waals surface area contributed by atoms with Crippen LogP contribution in [0.1, 0.15) is 65.7 Å². The lowest BCUT2D eigenvalue weighted by atomic mass is 9.82. The number of allylic oxidation sites excluding steroid dienone is 1. The first-order valence-electron chi connectivity index (χ1n) is 17.6. The van der Waals surface area contributed by atoms with Crippen molar-refractivity contribution in [1.29, 1.82) is 0 Å². The van der Waals surface area contributed by atoms with E-state index in [1.165, 1.54) is 49.7 Å². The van der Waals surface area contributed by atoms with Crippen LogP contribution in [0.25, 0.3) is 44.8 Å². The Labute approximate surface area is 292 Å². The number of nitrogens with zero attached hydrogens (tertiary/aromatic N) is 3. The highest BCUT2D eigenvalue weighted by molar-refractivity contribution is 6.11. The van der Waals surface area contributed by atoms with E-state index in [1.807, 2.05) is 12.3 Å². The number of fused-ring (bicyclic) bond motifs is 7. The maximum atomic E-state index is 5.22. The Morgan fingerprint density at radius 3 is 2.40 bits per heavy atom. The van der Waals surface area contributed by atoms with Gasteiger partial charge in [-0.3, -0.25) is 9.88 Å². The molecular formula is C45H37N5. The van der Waals surface area contributed by atoms with Gasteiger partial charge in [0.25, 0.3) is 0 Å². The van der Waals surface area contributed by atoms with Gasteiger partial charge in [-0.15, -0.1) is 0 Å². The summed E-state index contributed by atoms with van der Waals surface area (Å²) in [5.41, 5.74) is 12.4. The third-order valence-electron chi connectivity index (χ3n) is 11.1. The van der Waals surface area contributed by atoms with Crippen LogP contribution in [0.2, 0.25) is 0 Å². The van der Waals surface area contributed by atoms with Crippen molar-refractivity contribution in [3.05, 3.63) is 173 Å². The van der Waals surface area contributed by atoms with E-state index in [9.17, 15) is 0 Å². The number of hydrogen-bond acceptors (Lipinski definition) is 4. The predicted octanol–water partition coefficient (Wildman–Crippen LogP) is 9.65. The Kier molecular flexibility index (Phi) is 6.49. The molecule has 0 bridgehead atoms. The van der Waals surface area contributed by atoms with Crippen molar-refractivity contribution in [1.82, 2.24) is 20.2 Å². The molecular weight excluding hydrogens is 611 g/mol. The molecule has 2 aliphatic carbocycles. The van der Waals surface area contributed by atoms with Crippen LogP contribution in [0.4, 0.5) is 0 Å². The summed E-state index contributed by atoms with van der Waals surface area (Å²) in [4.78, 5) is 10.4. The molecule has 5 aromatic carbocycles. The fraction of sp³-hybridized carbons (Fsp3) is 0.156. The smallest absolute Gasteiger partial charge is 0.137 e. The Bertz CT molecular complexity index is 2500. The van der Waals surface area contributed by atoms with Crippen LogP contribution < -0.4 is 10.6 Å². The van der Waals surface area contributed by atoms with E-state index < -0.39 is 0 Å². The van der Waals surface area contributed by atoms with E-state index in [0.717, 1.165) is 34.7 Å². The van der Waals surface area contributed by atoms with E-state index >= 15 is 0 Å². The van der Waals surface area contributed by atoms with Crippen molar-refractivity contribution < 1.29 is 0 Å². The zero-order chi connectivity index (χ0) is 33.4. The maximum Gasteiger partial charge on any atom is 0.137 e. The first kappa shape index (κ1) is 29.2. The van der Waals surface area contributed by atoms with Gasteiger partial charge in [0.05, 0.1) is 17.2 Å². The van der Waals surface area contributed by atoms with Gasteiger partial charge in [0.15, 0.2) is 0 Å². The number of aliphatic imine (C=N–C) groups is 1. The molecule has 0 saturated heterocycles. The fourth-order valence-corrected chi connectivity index (χ4v) is 8.59. The van der Waals surface area contributed by atoms with Crippen LogP contribution in [-0.4, -0.2) is 21.6 Å². The van der Waals surface area contributed by atoms with E-state index in [0.29, 0.717) is 0 Å². The molecule has 0 saturated carbocycles. The van der Waals surface area contributed by atoms with Gasteiger partial charge in [0.1, 0.15) is 17.8 Å². The standard InChI is InChI=1S/C45H37N5/c1-45(2)37-21-10-8-18-32(37)35-25-36-33-19-9-11-22-39(33)50(40(36)26-38(35)45)41-24-23-30(27-46-41)43-47-42(29-14-4-3-5-15-29)48-44(49-43)34-20-12-16-28-13-6-7-17-31(28)34/h3-19,21-27,34,43-44,49H,20H2,1-2H3,(H,47,48). The van der Waals surface area contributed by atoms with Crippen LogP contribution in [0, 0.1) is 0 Å². The SMILES string of the molecule is CC1(C)c2ccccc2-c2cc3c4ccccc4n(-c4ccc(C5N=C(c6ccccc6)NC(C6CC=Cc7ccccc76)N5)cn4)c3cc21.